The average molecular weight is 502 g/mol. The summed E-state index contributed by atoms with van der Waals surface area (Å²) in [5.74, 6) is -0.305. The Morgan fingerprint density at radius 1 is 0.857 bits per heavy atom. The maximum atomic E-state index is 13.2. The lowest BCUT2D eigenvalue weighted by Crippen LogP contribution is -2.35. The summed E-state index contributed by atoms with van der Waals surface area (Å²) in [5.41, 5.74) is 5.96. The number of carbonyl (C=O) groups excluding carboxylic acids is 1. The molecule has 4 aromatic rings. The summed E-state index contributed by atoms with van der Waals surface area (Å²) >= 11 is 1.50. The van der Waals surface area contributed by atoms with Crippen molar-refractivity contribution in [2.75, 3.05) is 11.9 Å². The second-order valence-corrected chi connectivity index (χ2v) is 11.8. The number of benzene rings is 3. The van der Waals surface area contributed by atoms with Crippen LogP contribution in [0.5, 0.6) is 0 Å². The zero-order chi connectivity index (χ0) is 24.0. The summed E-state index contributed by atoms with van der Waals surface area (Å²) in [6.07, 6.45) is 2.57. The number of rotatable bonds is 4. The molecule has 6 nitrogen and oxygen atoms in total. The molecule has 0 saturated heterocycles. The van der Waals surface area contributed by atoms with Crippen molar-refractivity contribution in [3.63, 3.8) is 0 Å². The summed E-state index contributed by atoms with van der Waals surface area (Å²) in [4.78, 5) is 18.9. The number of fused-ring (bicyclic) bond motifs is 4. The lowest BCUT2D eigenvalue weighted by molar-refractivity contribution is 0.102. The maximum absolute atomic E-state index is 13.2. The van der Waals surface area contributed by atoms with Crippen molar-refractivity contribution >= 4 is 32.4 Å². The van der Waals surface area contributed by atoms with E-state index in [0.717, 1.165) is 29.7 Å². The normalized spacial score (nSPS) is 15.1. The van der Waals surface area contributed by atoms with Crippen LogP contribution in [0.1, 0.15) is 31.9 Å². The number of thiazole rings is 1. The van der Waals surface area contributed by atoms with Gasteiger partial charge in [-0.2, -0.15) is 4.31 Å². The van der Waals surface area contributed by atoms with Gasteiger partial charge >= 0.3 is 0 Å². The fourth-order valence-corrected chi connectivity index (χ4v) is 7.16. The topological polar surface area (TPSA) is 79.4 Å². The summed E-state index contributed by atoms with van der Waals surface area (Å²) in [7, 11) is -3.65. The van der Waals surface area contributed by atoms with Crippen LogP contribution in [0.25, 0.3) is 11.3 Å². The zero-order valence-electron chi connectivity index (χ0n) is 18.9. The molecule has 1 aromatic heterocycles. The Labute approximate surface area is 208 Å². The predicted molar refractivity (Wildman–Crippen MR) is 137 cm³/mol. The molecule has 1 amide bonds. The number of carbonyl (C=O) groups is 1. The second kappa shape index (κ2) is 8.71. The molecule has 0 saturated carbocycles. The van der Waals surface area contributed by atoms with Gasteiger partial charge in [0.15, 0.2) is 5.13 Å². The number of aromatic nitrogens is 1. The Morgan fingerprint density at radius 2 is 1.57 bits per heavy atom. The molecule has 0 unspecified atom stereocenters. The molecule has 35 heavy (non-hydrogen) atoms. The maximum Gasteiger partial charge on any atom is 0.257 e. The molecule has 176 valence electrons. The van der Waals surface area contributed by atoms with Crippen LogP contribution in [0.3, 0.4) is 0 Å². The van der Waals surface area contributed by atoms with E-state index in [4.69, 9.17) is 0 Å². The minimum atomic E-state index is -3.65. The van der Waals surface area contributed by atoms with E-state index in [0.29, 0.717) is 30.2 Å². The monoisotopic (exact) mass is 501 g/mol. The van der Waals surface area contributed by atoms with E-state index in [2.05, 4.69) is 22.4 Å². The SMILES string of the molecule is O=C(Nc1nc2c(s1)CCc1ccccc1-2)c1ccc(S(=O)(=O)N2CCc3ccccc3C2)cc1. The molecule has 2 aliphatic rings. The van der Waals surface area contributed by atoms with Crippen LogP contribution >= 0.6 is 11.3 Å². The first kappa shape index (κ1) is 22.2. The van der Waals surface area contributed by atoms with E-state index in [9.17, 15) is 13.2 Å². The highest BCUT2D eigenvalue weighted by atomic mass is 32.2. The lowest BCUT2D eigenvalue weighted by atomic mass is 9.94. The van der Waals surface area contributed by atoms with Crippen LogP contribution in [0.2, 0.25) is 0 Å². The molecule has 0 fully saturated rings. The van der Waals surface area contributed by atoms with Crippen LogP contribution in [0.15, 0.2) is 77.7 Å². The highest BCUT2D eigenvalue weighted by Crippen LogP contribution is 2.38. The van der Waals surface area contributed by atoms with Crippen molar-refractivity contribution in [1.82, 2.24) is 9.29 Å². The first-order valence-corrected chi connectivity index (χ1v) is 13.8. The van der Waals surface area contributed by atoms with Crippen LogP contribution < -0.4 is 5.32 Å². The Bertz CT molecular complexity index is 1540. The van der Waals surface area contributed by atoms with E-state index < -0.39 is 10.0 Å². The molecule has 2 heterocycles. The molecule has 0 atom stereocenters. The van der Waals surface area contributed by atoms with E-state index in [1.807, 2.05) is 36.4 Å². The summed E-state index contributed by atoms with van der Waals surface area (Å²) < 4.78 is 27.9. The van der Waals surface area contributed by atoms with Gasteiger partial charge in [0.1, 0.15) is 0 Å². The van der Waals surface area contributed by atoms with Gasteiger partial charge in [-0.15, -0.1) is 11.3 Å². The van der Waals surface area contributed by atoms with E-state index in [1.54, 1.807) is 12.1 Å². The zero-order valence-corrected chi connectivity index (χ0v) is 20.5. The Kier molecular flexibility index (Phi) is 5.51. The van der Waals surface area contributed by atoms with Gasteiger partial charge in [-0.05, 0) is 60.2 Å². The molecule has 6 rings (SSSR count). The van der Waals surface area contributed by atoms with E-state index in [-0.39, 0.29) is 10.8 Å². The van der Waals surface area contributed by atoms with Gasteiger partial charge in [0, 0.05) is 29.1 Å². The van der Waals surface area contributed by atoms with Crippen molar-refractivity contribution in [3.05, 3.63) is 99.9 Å². The van der Waals surface area contributed by atoms with Crippen molar-refractivity contribution in [1.29, 1.82) is 0 Å². The fourth-order valence-electron chi connectivity index (χ4n) is 4.77. The van der Waals surface area contributed by atoms with Crippen LogP contribution in [0, 0.1) is 0 Å². The van der Waals surface area contributed by atoms with Crippen LogP contribution in [0.4, 0.5) is 5.13 Å². The van der Waals surface area contributed by atoms with Gasteiger partial charge in [-0.3, -0.25) is 10.1 Å². The molecular weight excluding hydrogens is 478 g/mol. The molecule has 1 aliphatic carbocycles. The first-order chi connectivity index (χ1) is 17.0. The van der Waals surface area contributed by atoms with Gasteiger partial charge < -0.3 is 0 Å². The largest absolute Gasteiger partial charge is 0.298 e. The molecule has 0 spiro atoms. The molecule has 1 aliphatic heterocycles. The Balaban J connectivity index is 1.18. The minimum Gasteiger partial charge on any atom is -0.298 e. The van der Waals surface area contributed by atoms with Gasteiger partial charge in [-0.25, -0.2) is 13.4 Å². The van der Waals surface area contributed by atoms with Gasteiger partial charge in [-0.1, -0.05) is 48.5 Å². The molecule has 0 bridgehead atoms. The smallest absolute Gasteiger partial charge is 0.257 e. The number of nitrogens with one attached hydrogen (secondary N) is 1. The number of hydrogen-bond acceptors (Lipinski definition) is 5. The summed E-state index contributed by atoms with van der Waals surface area (Å²) in [6.45, 7) is 0.804. The highest BCUT2D eigenvalue weighted by molar-refractivity contribution is 7.89. The molecule has 0 radical (unpaired) electrons. The second-order valence-electron chi connectivity index (χ2n) is 8.78. The number of hydrogen-bond donors (Lipinski definition) is 1. The summed E-state index contributed by atoms with van der Waals surface area (Å²) in [5, 5.41) is 3.44. The van der Waals surface area contributed by atoms with E-state index >= 15 is 0 Å². The number of anilines is 1. The predicted octanol–water partition coefficient (Wildman–Crippen LogP) is 4.91. The quantitative estimate of drug-likeness (QED) is 0.431. The van der Waals surface area contributed by atoms with E-state index in [1.165, 1.54) is 43.8 Å². The third-order valence-electron chi connectivity index (χ3n) is 6.66. The van der Waals surface area contributed by atoms with Crippen LogP contribution in [-0.2, 0) is 35.8 Å². The van der Waals surface area contributed by atoms with Crippen molar-refractivity contribution in [2.45, 2.75) is 30.7 Å². The van der Waals surface area contributed by atoms with Crippen LogP contribution in [-0.4, -0.2) is 30.2 Å². The van der Waals surface area contributed by atoms with Gasteiger partial charge in [0.2, 0.25) is 10.0 Å². The Hall–Kier alpha value is -3.33. The average Bonchev–Trinajstić information content (AvgIpc) is 3.31. The highest BCUT2D eigenvalue weighted by Gasteiger charge is 2.28. The molecule has 3 aromatic carbocycles. The van der Waals surface area contributed by atoms with Gasteiger partial charge in [0.25, 0.3) is 5.91 Å². The number of amides is 1. The number of aryl methyl sites for hydroxylation is 2. The third-order valence-corrected chi connectivity index (χ3v) is 9.55. The van der Waals surface area contributed by atoms with Crippen molar-refractivity contribution in [3.8, 4) is 11.3 Å². The Morgan fingerprint density at radius 3 is 2.37 bits per heavy atom. The molecule has 1 N–H and O–H groups in total. The van der Waals surface area contributed by atoms with Crippen molar-refractivity contribution in [2.24, 2.45) is 0 Å². The number of nitrogens with zero attached hydrogens (tertiary/aromatic N) is 2. The number of sulfonamides is 1. The minimum absolute atomic E-state index is 0.190. The first-order valence-electron chi connectivity index (χ1n) is 11.6. The lowest BCUT2D eigenvalue weighted by Gasteiger charge is -2.28. The summed E-state index contributed by atoms with van der Waals surface area (Å²) in [6, 6.07) is 22.3. The van der Waals surface area contributed by atoms with Crippen molar-refractivity contribution < 1.29 is 13.2 Å². The molecular formula is C27H23N3O3S2. The third kappa shape index (κ3) is 4.07. The fraction of sp³-hybridized carbons (Fsp3) is 0.185. The van der Waals surface area contributed by atoms with Gasteiger partial charge in [0.05, 0.1) is 10.6 Å². The standard InChI is InChI=1S/C27H23N3O3S2/c31-26(29-27-28-25-23-8-4-3-6-19(23)11-14-24(25)34-27)20-9-12-22(13-10-20)35(32,33)30-16-15-18-5-1-2-7-21(18)17-30/h1-10,12-13H,11,14-17H2,(H,28,29,31). The molecule has 8 heteroatoms.